The monoisotopic (exact) mass is 604 g/mol. The molecule has 4 rings (SSSR count). The molecule has 12 heteroatoms. The molecule has 3 aromatic rings. The fraction of sp³-hybridized carbons (Fsp3) is 0.355. The summed E-state index contributed by atoms with van der Waals surface area (Å²) >= 11 is 0. The van der Waals surface area contributed by atoms with Crippen LogP contribution in [0.1, 0.15) is 84.1 Å². The van der Waals surface area contributed by atoms with Crippen LogP contribution in [0.4, 0.5) is 33.3 Å². The van der Waals surface area contributed by atoms with Crippen molar-refractivity contribution in [2.75, 3.05) is 16.8 Å². The fourth-order valence-corrected chi connectivity index (χ4v) is 4.45. The number of carbonyl (C=O) groups excluding carboxylic acids is 3. The molecule has 0 unspecified atom stereocenters. The number of nitrogens with zero attached hydrogens (tertiary/aromatic N) is 2. The molecule has 2 N–H and O–H groups in total. The summed E-state index contributed by atoms with van der Waals surface area (Å²) in [6, 6.07) is 10.0. The van der Waals surface area contributed by atoms with E-state index in [-0.39, 0.29) is 30.0 Å². The number of fused-ring (bicyclic) bond motifs is 1. The number of hydrogen-bond acceptors (Lipinski definition) is 4. The van der Waals surface area contributed by atoms with Crippen LogP contribution in [-0.2, 0) is 22.9 Å². The van der Waals surface area contributed by atoms with Crippen molar-refractivity contribution in [3.05, 3.63) is 88.2 Å². The number of aromatic nitrogens is 1. The first kappa shape index (κ1) is 33.2. The Morgan fingerprint density at radius 1 is 1.07 bits per heavy atom. The lowest BCUT2D eigenvalue weighted by atomic mass is 9.77. The van der Waals surface area contributed by atoms with E-state index in [9.17, 15) is 36.3 Å². The van der Waals surface area contributed by atoms with E-state index in [4.69, 9.17) is 0 Å². The van der Waals surface area contributed by atoms with Crippen molar-refractivity contribution in [2.45, 2.75) is 59.2 Å². The van der Waals surface area contributed by atoms with E-state index in [0.29, 0.717) is 17.5 Å². The van der Waals surface area contributed by atoms with Gasteiger partial charge in [-0.25, -0.2) is 8.78 Å². The highest BCUT2D eigenvalue weighted by Gasteiger charge is 2.38. The standard InChI is InChI=1S/C27H23F5N4O3.C4H10/c1-26(2)13-36(18-6-3-16(4-7-18)27(30,31)32)25(39)19-10-17(5-8-21(19)26)35-24(38)20-9-15(11-33-14-37)12-34-22(20)23(28)29;1-4(2)3/h3-10,12,14,23H,11,13H2,1-2H3,(H,33,37)(H,35,38);4H,1-3H3. The van der Waals surface area contributed by atoms with Crippen molar-refractivity contribution in [3.63, 3.8) is 0 Å². The number of benzene rings is 2. The van der Waals surface area contributed by atoms with Gasteiger partial charge in [0.2, 0.25) is 6.41 Å². The van der Waals surface area contributed by atoms with Crippen LogP contribution in [-0.4, -0.2) is 29.8 Å². The Kier molecular flexibility index (Phi) is 10.3. The van der Waals surface area contributed by atoms with Gasteiger partial charge in [0.15, 0.2) is 0 Å². The lowest BCUT2D eigenvalue weighted by Crippen LogP contribution is -2.47. The molecule has 0 radical (unpaired) electrons. The molecule has 2 heterocycles. The summed E-state index contributed by atoms with van der Waals surface area (Å²) in [4.78, 5) is 42.0. The topological polar surface area (TPSA) is 91.4 Å². The average molecular weight is 605 g/mol. The number of anilines is 2. The molecule has 1 aliphatic rings. The Bertz CT molecular complexity index is 1470. The Balaban J connectivity index is 0.00000119. The molecule has 0 bridgehead atoms. The van der Waals surface area contributed by atoms with Gasteiger partial charge in [-0.2, -0.15) is 13.2 Å². The van der Waals surface area contributed by atoms with E-state index in [1.54, 1.807) is 6.07 Å². The molecule has 2 aromatic carbocycles. The molecule has 0 saturated heterocycles. The van der Waals surface area contributed by atoms with Gasteiger partial charge in [-0.1, -0.05) is 40.7 Å². The lowest BCUT2D eigenvalue weighted by Gasteiger charge is -2.39. The summed E-state index contributed by atoms with van der Waals surface area (Å²) in [5, 5.41) is 4.88. The second kappa shape index (κ2) is 13.3. The first-order valence-corrected chi connectivity index (χ1v) is 13.4. The van der Waals surface area contributed by atoms with Crippen LogP contribution in [0.5, 0.6) is 0 Å². The van der Waals surface area contributed by atoms with Gasteiger partial charge >= 0.3 is 6.18 Å². The van der Waals surface area contributed by atoms with Crippen molar-refractivity contribution >= 4 is 29.6 Å². The maximum absolute atomic E-state index is 13.5. The van der Waals surface area contributed by atoms with Gasteiger partial charge in [0.25, 0.3) is 18.2 Å². The molecule has 0 aliphatic carbocycles. The van der Waals surface area contributed by atoms with Crippen molar-refractivity contribution < 1.29 is 36.3 Å². The number of pyridine rings is 1. The average Bonchev–Trinajstić information content (AvgIpc) is 2.93. The highest BCUT2D eigenvalue weighted by atomic mass is 19.4. The van der Waals surface area contributed by atoms with E-state index < -0.39 is 46.7 Å². The molecule has 43 heavy (non-hydrogen) atoms. The van der Waals surface area contributed by atoms with Gasteiger partial charge in [-0.05, 0) is 59.5 Å². The van der Waals surface area contributed by atoms with Gasteiger partial charge in [-0.3, -0.25) is 19.4 Å². The summed E-state index contributed by atoms with van der Waals surface area (Å²) < 4.78 is 66.1. The first-order valence-electron chi connectivity index (χ1n) is 13.4. The maximum Gasteiger partial charge on any atom is 0.416 e. The largest absolute Gasteiger partial charge is 0.416 e. The SMILES string of the molecule is CC(C)C.CC1(C)CN(c2ccc(C(F)(F)F)cc2)C(=O)c2cc(NC(=O)c3cc(CNC=O)cnc3C(F)F)ccc21. The molecule has 0 saturated carbocycles. The first-order chi connectivity index (χ1) is 20.0. The van der Waals surface area contributed by atoms with E-state index in [1.807, 2.05) is 13.8 Å². The molecule has 230 valence electrons. The molecule has 1 aliphatic heterocycles. The number of halogens is 5. The zero-order valence-corrected chi connectivity index (χ0v) is 24.4. The van der Waals surface area contributed by atoms with Crippen molar-refractivity contribution in [2.24, 2.45) is 5.92 Å². The zero-order valence-electron chi connectivity index (χ0n) is 24.4. The molecule has 0 spiro atoms. The predicted molar refractivity (Wildman–Crippen MR) is 153 cm³/mol. The van der Waals surface area contributed by atoms with Crippen LogP contribution in [0, 0.1) is 5.92 Å². The van der Waals surface area contributed by atoms with Crippen LogP contribution >= 0.6 is 0 Å². The highest BCUT2D eigenvalue weighted by Crippen LogP contribution is 2.38. The number of nitrogens with one attached hydrogen (secondary N) is 2. The van der Waals surface area contributed by atoms with Gasteiger partial charge in [0, 0.05) is 41.6 Å². The molecular weight excluding hydrogens is 571 g/mol. The lowest BCUT2D eigenvalue weighted by molar-refractivity contribution is -0.137. The van der Waals surface area contributed by atoms with E-state index in [1.165, 1.54) is 35.2 Å². The molecule has 1 aromatic heterocycles. The van der Waals surface area contributed by atoms with Crippen LogP contribution in [0.3, 0.4) is 0 Å². The molecule has 7 nitrogen and oxygen atoms in total. The van der Waals surface area contributed by atoms with Gasteiger partial charge in [-0.15, -0.1) is 0 Å². The normalized spacial score (nSPS) is 14.1. The number of amides is 3. The van der Waals surface area contributed by atoms with E-state index in [2.05, 4.69) is 36.4 Å². The number of alkyl halides is 5. The second-order valence-corrected chi connectivity index (χ2v) is 11.3. The van der Waals surface area contributed by atoms with Crippen LogP contribution in [0.25, 0.3) is 0 Å². The van der Waals surface area contributed by atoms with E-state index >= 15 is 0 Å². The third-order valence-electron chi connectivity index (χ3n) is 6.36. The Hall–Kier alpha value is -4.35. The minimum atomic E-state index is -4.52. The van der Waals surface area contributed by atoms with Crippen LogP contribution < -0.4 is 15.5 Å². The Morgan fingerprint density at radius 3 is 2.26 bits per heavy atom. The second-order valence-electron chi connectivity index (χ2n) is 11.3. The summed E-state index contributed by atoms with van der Waals surface area (Å²) in [5.41, 5.74) is -0.970. The summed E-state index contributed by atoms with van der Waals surface area (Å²) in [6.07, 6.45) is -6.01. The fourth-order valence-electron chi connectivity index (χ4n) is 4.45. The Morgan fingerprint density at radius 2 is 1.70 bits per heavy atom. The molecule has 0 fully saturated rings. The minimum Gasteiger partial charge on any atom is -0.355 e. The van der Waals surface area contributed by atoms with Gasteiger partial charge in [0.1, 0.15) is 5.69 Å². The Labute approximate surface area is 246 Å². The molecule has 0 atom stereocenters. The van der Waals surface area contributed by atoms with Crippen molar-refractivity contribution in [1.29, 1.82) is 0 Å². The predicted octanol–water partition coefficient (Wildman–Crippen LogP) is 7.14. The number of hydrogen-bond donors (Lipinski definition) is 2. The molecular formula is C31H33F5N4O3. The third kappa shape index (κ3) is 8.14. The summed E-state index contributed by atoms with van der Waals surface area (Å²) in [5.74, 6) is -0.551. The van der Waals surface area contributed by atoms with Gasteiger partial charge < -0.3 is 15.5 Å². The van der Waals surface area contributed by atoms with Crippen LogP contribution in [0.15, 0.2) is 54.7 Å². The molecule has 3 amide bonds. The van der Waals surface area contributed by atoms with E-state index in [0.717, 1.165) is 24.2 Å². The smallest absolute Gasteiger partial charge is 0.355 e. The van der Waals surface area contributed by atoms with Crippen molar-refractivity contribution in [3.8, 4) is 0 Å². The number of rotatable bonds is 7. The summed E-state index contributed by atoms with van der Waals surface area (Å²) in [6.45, 7) is 10.4. The minimum absolute atomic E-state index is 0.0253. The quantitative estimate of drug-likeness (QED) is 0.222. The third-order valence-corrected chi connectivity index (χ3v) is 6.36. The zero-order chi connectivity index (χ0) is 32.1. The summed E-state index contributed by atoms with van der Waals surface area (Å²) in [7, 11) is 0. The van der Waals surface area contributed by atoms with Crippen molar-refractivity contribution in [1.82, 2.24) is 10.3 Å². The highest BCUT2D eigenvalue weighted by molar-refractivity contribution is 6.10. The van der Waals surface area contributed by atoms with Crippen LogP contribution in [0.2, 0.25) is 0 Å². The maximum atomic E-state index is 13.5. The van der Waals surface area contributed by atoms with Gasteiger partial charge in [0.05, 0.1) is 11.1 Å². The number of carbonyl (C=O) groups is 3.